The Morgan fingerprint density at radius 1 is 0.268 bits per heavy atom. The van der Waals surface area contributed by atoms with Gasteiger partial charge in [-0.2, -0.15) is 0 Å². The van der Waals surface area contributed by atoms with Crippen molar-refractivity contribution in [1.29, 1.82) is 0 Å². The van der Waals surface area contributed by atoms with Crippen molar-refractivity contribution in [2.75, 3.05) is 4.90 Å². The molecule has 0 radical (unpaired) electrons. The molecule has 56 heavy (non-hydrogen) atoms. The molecule has 0 spiro atoms. The van der Waals surface area contributed by atoms with Crippen LogP contribution in [0.5, 0.6) is 0 Å². The molecule has 0 saturated carbocycles. The van der Waals surface area contributed by atoms with Crippen molar-refractivity contribution in [2.45, 2.75) is 0 Å². The standard InChI is InChI=1S/C54H35NS/c1-3-17-47-37(10-1)12-9-20-49(47)42-15-7-13-39(32-42)40-14-8-16-45(34-40)55(46-29-31-52-51-19-5-6-21-53(51)56-54(52)35-46)44-27-24-36(25-28-44)41-26-30-50-43(33-41)23-22-38-11-2-4-18-48(38)50/h1-35H. The molecular formula is C54H35NS. The van der Waals surface area contributed by atoms with Gasteiger partial charge in [0.15, 0.2) is 0 Å². The quantitative estimate of drug-likeness (QED) is 0.154. The van der Waals surface area contributed by atoms with Gasteiger partial charge in [-0.3, -0.25) is 0 Å². The molecule has 0 amide bonds. The Hall–Kier alpha value is -7.00. The van der Waals surface area contributed by atoms with E-state index in [-0.39, 0.29) is 0 Å². The van der Waals surface area contributed by atoms with E-state index in [1.54, 1.807) is 0 Å². The molecular weight excluding hydrogens is 695 g/mol. The molecule has 10 aromatic carbocycles. The highest BCUT2D eigenvalue weighted by Gasteiger charge is 2.17. The van der Waals surface area contributed by atoms with Crippen LogP contribution in [0.15, 0.2) is 212 Å². The molecule has 262 valence electrons. The van der Waals surface area contributed by atoms with Crippen LogP contribution in [0.3, 0.4) is 0 Å². The van der Waals surface area contributed by atoms with Crippen LogP contribution in [0.1, 0.15) is 0 Å². The van der Waals surface area contributed by atoms with Gasteiger partial charge in [0.2, 0.25) is 0 Å². The van der Waals surface area contributed by atoms with Crippen molar-refractivity contribution in [3.05, 3.63) is 212 Å². The fourth-order valence-corrected chi connectivity index (χ4v) is 9.60. The zero-order valence-corrected chi connectivity index (χ0v) is 31.4. The summed E-state index contributed by atoms with van der Waals surface area (Å²) in [4.78, 5) is 2.40. The summed E-state index contributed by atoms with van der Waals surface area (Å²) >= 11 is 1.86. The van der Waals surface area contributed by atoms with Crippen molar-refractivity contribution in [1.82, 2.24) is 0 Å². The number of nitrogens with zero attached hydrogens (tertiary/aromatic N) is 1. The average molecular weight is 730 g/mol. The van der Waals surface area contributed by atoms with E-state index in [0.29, 0.717) is 0 Å². The van der Waals surface area contributed by atoms with E-state index in [4.69, 9.17) is 0 Å². The first-order chi connectivity index (χ1) is 27.7. The Balaban J connectivity index is 1.01. The third-order valence-electron chi connectivity index (χ3n) is 11.2. The SMILES string of the molecule is c1cc(-c2cccc(N(c3ccc(-c4ccc5c(ccc6ccccc65)c4)cc3)c3ccc4c(c3)sc3ccccc34)c2)cc(-c2cccc3ccccc23)c1. The minimum atomic E-state index is 1.11. The summed E-state index contributed by atoms with van der Waals surface area (Å²) in [6.07, 6.45) is 0. The maximum Gasteiger partial charge on any atom is 0.0476 e. The minimum absolute atomic E-state index is 1.11. The summed E-state index contributed by atoms with van der Waals surface area (Å²) in [6, 6.07) is 77.8. The molecule has 0 atom stereocenters. The molecule has 0 unspecified atom stereocenters. The van der Waals surface area contributed by atoms with Crippen LogP contribution in [0.4, 0.5) is 17.1 Å². The van der Waals surface area contributed by atoms with Crippen molar-refractivity contribution in [3.63, 3.8) is 0 Å². The van der Waals surface area contributed by atoms with Gasteiger partial charge < -0.3 is 4.90 Å². The molecule has 0 fully saturated rings. The average Bonchev–Trinajstić information content (AvgIpc) is 3.64. The highest BCUT2D eigenvalue weighted by molar-refractivity contribution is 7.25. The number of anilines is 3. The molecule has 1 heterocycles. The number of rotatable bonds is 6. The van der Waals surface area contributed by atoms with Crippen molar-refractivity contribution >= 4 is 80.9 Å². The van der Waals surface area contributed by atoms with E-state index in [1.165, 1.54) is 85.9 Å². The highest BCUT2D eigenvalue weighted by Crippen LogP contribution is 2.42. The molecule has 1 nitrogen and oxygen atoms in total. The van der Waals surface area contributed by atoms with Crippen molar-refractivity contribution in [2.24, 2.45) is 0 Å². The summed E-state index contributed by atoms with van der Waals surface area (Å²) in [5, 5.41) is 10.2. The molecule has 0 aliphatic rings. The van der Waals surface area contributed by atoms with Gasteiger partial charge in [0.1, 0.15) is 0 Å². The molecule has 1 aromatic heterocycles. The molecule has 0 saturated heterocycles. The Kier molecular flexibility index (Phi) is 7.75. The first-order valence-electron chi connectivity index (χ1n) is 19.2. The zero-order valence-electron chi connectivity index (χ0n) is 30.6. The fourth-order valence-electron chi connectivity index (χ4n) is 8.46. The molecule has 11 aromatic rings. The van der Waals surface area contributed by atoms with E-state index in [2.05, 4.69) is 217 Å². The minimum Gasteiger partial charge on any atom is -0.310 e. The monoisotopic (exact) mass is 729 g/mol. The third kappa shape index (κ3) is 5.62. The maximum absolute atomic E-state index is 2.40. The summed E-state index contributed by atoms with van der Waals surface area (Å²) in [5.74, 6) is 0. The van der Waals surface area contributed by atoms with Gasteiger partial charge in [0.25, 0.3) is 0 Å². The first kappa shape index (κ1) is 32.4. The smallest absolute Gasteiger partial charge is 0.0476 e. The maximum atomic E-state index is 2.40. The molecule has 0 bridgehead atoms. The van der Waals surface area contributed by atoms with E-state index in [0.717, 1.165) is 17.1 Å². The lowest BCUT2D eigenvalue weighted by Gasteiger charge is -2.26. The second-order valence-electron chi connectivity index (χ2n) is 14.5. The normalized spacial score (nSPS) is 11.6. The Bertz CT molecular complexity index is 3260. The van der Waals surface area contributed by atoms with E-state index >= 15 is 0 Å². The third-order valence-corrected chi connectivity index (χ3v) is 12.4. The number of thiophene rings is 1. The van der Waals surface area contributed by atoms with Gasteiger partial charge in [-0.1, -0.05) is 158 Å². The van der Waals surface area contributed by atoms with Crippen LogP contribution < -0.4 is 4.90 Å². The molecule has 0 aliphatic carbocycles. The molecule has 2 heteroatoms. The molecule has 11 rings (SSSR count). The molecule has 0 N–H and O–H groups in total. The zero-order chi connectivity index (χ0) is 37.0. The number of fused-ring (bicyclic) bond motifs is 7. The Morgan fingerprint density at radius 3 is 1.70 bits per heavy atom. The Labute approximate surface area is 330 Å². The summed E-state index contributed by atoms with van der Waals surface area (Å²) in [7, 11) is 0. The predicted molar refractivity (Wildman–Crippen MR) is 243 cm³/mol. The lowest BCUT2D eigenvalue weighted by Crippen LogP contribution is -2.09. The summed E-state index contributed by atoms with van der Waals surface area (Å²) in [5.41, 5.74) is 10.6. The lowest BCUT2D eigenvalue weighted by atomic mass is 9.95. The van der Waals surface area contributed by atoms with Gasteiger partial charge in [0, 0.05) is 37.2 Å². The van der Waals surface area contributed by atoms with Gasteiger partial charge in [0.05, 0.1) is 0 Å². The second kappa shape index (κ2) is 13.4. The van der Waals surface area contributed by atoms with Crippen molar-refractivity contribution in [3.8, 4) is 33.4 Å². The van der Waals surface area contributed by atoms with E-state index in [9.17, 15) is 0 Å². The predicted octanol–water partition coefficient (Wildman–Crippen LogP) is 16.0. The van der Waals surface area contributed by atoms with Gasteiger partial charge >= 0.3 is 0 Å². The van der Waals surface area contributed by atoms with E-state index in [1.807, 2.05) is 11.3 Å². The van der Waals surface area contributed by atoms with Crippen LogP contribution in [-0.2, 0) is 0 Å². The lowest BCUT2D eigenvalue weighted by molar-refractivity contribution is 1.29. The van der Waals surface area contributed by atoms with Crippen LogP contribution in [0.2, 0.25) is 0 Å². The highest BCUT2D eigenvalue weighted by atomic mass is 32.1. The first-order valence-corrected chi connectivity index (χ1v) is 20.0. The van der Waals surface area contributed by atoms with Crippen molar-refractivity contribution < 1.29 is 0 Å². The van der Waals surface area contributed by atoms with Crippen LogP contribution in [0, 0.1) is 0 Å². The topological polar surface area (TPSA) is 3.24 Å². The summed E-state index contributed by atoms with van der Waals surface area (Å²) in [6.45, 7) is 0. The van der Waals surface area contributed by atoms with Crippen LogP contribution >= 0.6 is 11.3 Å². The number of hydrogen-bond acceptors (Lipinski definition) is 2. The van der Waals surface area contributed by atoms with Crippen LogP contribution in [0.25, 0.3) is 85.9 Å². The number of hydrogen-bond donors (Lipinski definition) is 0. The second-order valence-corrected chi connectivity index (χ2v) is 15.6. The largest absolute Gasteiger partial charge is 0.310 e. The Morgan fingerprint density at radius 2 is 0.821 bits per heavy atom. The van der Waals surface area contributed by atoms with Gasteiger partial charge in [-0.05, 0) is 120 Å². The fraction of sp³-hybridized carbons (Fsp3) is 0. The van der Waals surface area contributed by atoms with Crippen LogP contribution in [-0.4, -0.2) is 0 Å². The molecule has 0 aliphatic heterocycles. The number of benzene rings is 10. The summed E-state index contributed by atoms with van der Waals surface area (Å²) < 4.78 is 2.60. The van der Waals surface area contributed by atoms with Gasteiger partial charge in [-0.25, -0.2) is 0 Å². The van der Waals surface area contributed by atoms with E-state index < -0.39 is 0 Å². The van der Waals surface area contributed by atoms with Gasteiger partial charge in [-0.15, -0.1) is 11.3 Å².